The maximum atomic E-state index is 12.4. The lowest BCUT2D eigenvalue weighted by molar-refractivity contribution is 0.102. The Balaban J connectivity index is 0.00000156. The summed E-state index contributed by atoms with van der Waals surface area (Å²) in [6.07, 6.45) is 4.42. The first kappa shape index (κ1) is 15.5. The lowest BCUT2D eigenvalue weighted by Gasteiger charge is -2.03. The average Bonchev–Trinajstić information content (AvgIpc) is 3.09. The summed E-state index contributed by atoms with van der Waals surface area (Å²) in [5.74, 6) is 0.770. The molecular formula is C15H17ClN6O. The molecule has 0 radical (unpaired) electrons. The van der Waals surface area contributed by atoms with Crippen LogP contribution in [0.2, 0.25) is 0 Å². The molecule has 120 valence electrons. The molecule has 2 aromatic heterocycles. The number of fused-ring (bicyclic) bond motifs is 2. The van der Waals surface area contributed by atoms with Gasteiger partial charge in [0.05, 0.1) is 11.7 Å². The zero-order valence-corrected chi connectivity index (χ0v) is 13.2. The van der Waals surface area contributed by atoms with E-state index in [0.29, 0.717) is 5.69 Å². The second-order valence-corrected chi connectivity index (χ2v) is 5.36. The molecule has 3 aromatic rings. The van der Waals surface area contributed by atoms with Crippen molar-refractivity contribution in [1.29, 1.82) is 0 Å². The van der Waals surface area contributed by atoms with E-state index in [4.69, 9.17) is 0 Å². The van der Waals surface area contributed by atoms with Gasteiger partial charge in [0.25, 0.3) is 5.91 Å². The van der Waals surface area contributed by atoms with Crippen LogP contribution in [-0.4, -0.2) is 38.7 Å². The lowest BCUT2D eigenvalue weighted by Crippen LogP contribution is -2.18. The number of imidazole rings is 1. The van der Waals surface area contributed by atoms with E-state index in [-0.39, 0.29) is 18.3 Å². The van der Waals surface area contributed by atoms with Crippen molar-refractivity contribution in [3.63, 3.8) is 0 Å². The highest BCUT2D eigenvalue weighted by Crippen LogP contribution is 2.17. The van der Waals surface area contributed by atoms with Crippen LogP contribution in [0.1, 0.15) is 16.3 Å². The smallest absolute Gasteiger partial charge is 0.275 e. The molecule has 1 aliphatic rings. The highest BCUT2D eigenvalue weighted by atomic mass is 35.5. The fourth-order valence-electron chi connectivity index (χ4n) is 2.69. The van der Waals surface area contributed by atoms with Crippen molar-refractivity contribution in [2.45, 2.75) is 13.0 Å². The van der Waals surface area contributed by atoms with Crippen molar-refractivity contribution in [1.82, 2.24) is 25.1 Å². The average molecular weight is 333 g/mol. The summed E-state index contributed by atoms with van der Waals surface area (Å²) in [7, 11) is 0. The van der Waals surface area contributed by atoms with Gasteiger partial charge in [0.1, 0.15) is 11.5 Å². The van der Waals surface area contributed by atoms with Crippen LogP contribution in [0.25, 0.3) is 10.9 Å². The summed E-state index contributed by atoms with van der Waals surface area (Å²) in [6, 6.07) is 5.65. The molecule has 1 aromatic carbocycles. The van der Waals surface area contributed by atoms with Gasteiger partial charge in [0, 0.05) is 43.3 Å². The zero-order valence-electron chi connectivity index (χ0n) is 12.4. The number of hydrogen-bond donors (Lipinski definition) is 3. The molecule has 7 nitrogen and oxygen atoms in total. The Morgan fingerprint density at radius 3 is 3.13 bits per heavy atom. The number of aromatic nitrogens is 4. The van der Waals surface area contributed by atoms with Crippen LogP contribution in [0.4, 0.5) is 5.69 Å². The molecule has 1 amide bonds. The van der Waals surface area contributed by atoms with Crippen LogP contribution in [-0.2, 0) is 13.0 Å². The van der Waals surface area contributed by atoms with Crippen LogP contribution in [0.3, 0.4) is 0 Å². The molecule has 3 N–H and O–H groups in total. The Morgan fingerprint density at radius 2 is 2.22 bits per heavy atom. The van der Waals surface area contributed by atoms with E-state index in [1.165, 1.54) is 0 Å². The van der Waals surface area contributed by atoms with Crippen molar-refractivity contribution in [2.75, 3.05) is 18.4 Å². The van der Waals surface area contributed by atoms with E-state index in [2.05, 4.69) is 25.8 Å². The number of anilines is 1. The number of halogens is 1. The highest BCUT2D eigenvalue weighted by Gasteiger charge is 2.16. The number of nitrogens with one attached hydrogen (secondary N) is 3. The third kappa shape index (κ3) is 3.06. The largest absolute Gasteiger partial charge is 0.333 e. The quantitative estimate of drug-likeness (QED) is 0.665. The zero-order chi connectivity index (χ0) is 14.9. The Bertz CT molecular complexity index is 816. The summed E-state index contributed by atoms with van der Waals surface area (Å²) in [5, 5.41) is 14.1. The fourth-order valence-corrected chi connectivity index (χ4v) is 2.69. The third-order valence-electron chi connectivity index (χ3n) is 3.85. The number of amides is 1. The number of aromatic amines is 1. The summed E-state index contributed by atoms with van der Waals surface area (Å²) < 4.78 is 2.05. The molecule has 0 unspecified atom stereocenters. The van der Waals surface area contributed by atoms with Crippen LogP contribution < -0.4 is 10.6 Å². The number of nitrogens with zero attached hydrogens (tertiary/aromatic N) is 3. The number of hydrogen-bond acceptors (Lipinski definition) is 4. The molecule has 23 heavy (non-hydrogen) atoms. The standard InChI is InChI=1S/C15H16N6O.ClH/c22-15(13-9-21-6-5-16-4-3-14(21)19-13)18-11-2-1-10-8-17-20-12(10)7-11;/h1-2,7-9,16H,3-6H2,(H,17,20)(H,18,22);1H. The fraction of sp³-hybridized carbons (Fsp3) is 0.267. The minimum Gasteiger partial charge on any atom is -0.333 e. The molecule has 0 aliphatic carbocycles. The first-order valence-electron chi connectivity index (χ1n) is 7.31. The van der Waals surface area contributed by atoms with Gasteiger partial charge in [-0.3, -0.25) is 9.89 Å². The monoisotopic (exact) mass is 332 g/mol. The number of H-pyrrole nitrogens is 1. The van der Waals surface area contributed by atoms with E-state index in [1.54, 1.807) is 6.20 Å². The van der Waals surface area contributed by atoms with Crippen molar-refractivity contribution in [3.8, 4) is 0 Å². The third-order valence-corrected chi connectivity index (χ3v) is 3.85. The van der Waals surface area contributed by atoms with Gasteiger partial charge >= 0.3 is 0 Å². The van der Waals surface area contributed by atoms with E-state index in [9.17, 15) is 4.79 Å². The van der Waals surface area contributed by atoms with Gasteiger partial charge in [-0.05, 0) is 18.2 Å². The van der Waals surface area contributed by atoms with Crippen molar-refractivity contribution in [2.24, 2.45) is 0 Å². The van der Waals surface area contributed by atoms with Gasteiger partial charge in [0.2, 0.25) is 0 Å². The maximum Gasteiger partial charge on any atom is 0.275 e. The van der Waals surface area contributed by atoms with Crippen LogP contribution in [0, 0.1) is 0 Å². The van der Waals surface area contributed by atoms with Gasteiger partial charge < -0.3 is 15.2 Å². The second-order valence-electron chi connectivity index (χ2n) is 5.36. The molecule has 4 rings (SSSR count). The predicted molar refractivity (Wildman–Crippen MR) is 90.1 cm³/mol. The van der Waals surface area contributed by atoms with E-state index < -0.39 is 0 Å². The van der Waals surface area contributed by atoms with Gasteiger partial charge in [0.15, 0.2) is 0 Å². The van der Waals surface area contributed by atoms with Crippen molar-refractivity contribution >= 4 is 34.9 Å². The van der Waals surface area contributed by atoms with Gasteiger partial charge in [-0.15, -0.1) is 12.4 Å². The number of carbonyl (C=O) groups is 1. The summed E-state index contributed by atoms with van der Waals surface area (Å²) in [5.41, 5.74) is 2.08. The molecule has 0 saturated carbocycles. The Labute approximate surface area is 138 Å². The van der Waals surface area contributed by atoms with Crippen molar-refractivity contribution < 1.29 is 4.79 Å². The number of benzene rings is 1. The number of rotatable bonds is 2. The molecule has 0 spiro atoms. The first-order chi connectivity index (χ1) is 10.8. The predicted octanol–water partition coefficient (Wildman–Crippen LogP) is 1.58. The molecule has 0 atom stereocenters. The van der Waals surface area contributed by atoms with Gasteiger partial charge in [-0.1, -0.05) is 0 Å². The lowest BCUT2D eigenvalue weighted by atomic mass is 10.2. The normalized spacial score (nSPS) is 13.9. The second kappa shape index (κ2) is 6.39. The summed E-state index contributed by atoms with van der Waals surface area (Å²) >= 11 is 0. The minimum absolute atomic E-state index is 0. The Morgan fingerprint density at radius 1 is 1.30 bits per heavy atom. The van der Waals surface area contributed by atoms with Crippen LogP contribution >= 0.6 is 12.4 Å². The minimum atomic E-state index is -0.188. The van der Waals surface area contributed by atoms with E-state index in [0.717, 1.165) is 48.5 Å². The topological polar surface area (TPSA) is 87.6 Å². The van der Waals surface area contributed by atoms with E-state index >= 15 is 0 Å². The Hall–Kier alpha value is -2.38. The first-order valence-corrected chi connectivity index (χ1v) is 7.31. The van der Waals surface area contributed by atoms with Crippen LogP contribution in [0.15, 0.2) is 30.6 Å². The maximum absolute atomic E-state index is 12.4. The molecule has 1 aliphatic heterocycles. The molecule has 3 heterocycles. The molecule has 0 bridgehead atoms. The SMILES string of the molecule is Cl.O=C(Nc1ccc2cn[nH]c2c1)c1cn2c(n1)CCNCC2. The molecule has 8 heteroatoms. The molecular weight excluding hydrogens is 316 g/mol. The summed E-state index contributed by atoms with van der Waals surface area (Å²) in [4.78, 5) is 16.8. The Kier molecular flexibility index (Phi) is 4.31. The highest BCUT2D eigenvalue weighted by molar-refractivity contribution is 6.03. The molecule has 0 fully saturated rings. The molecule has 0 saturated heterocycles. The van der Waals surface area contributed by atoms with Crippen LogP contribution in [0.5, 0.6) is 0 Å². The van der Waals surface area contributed by atoms with Gasteiger partial charge in [-0.25, -0.2) is 4.98 Å². The van der Waals surface area contributed by atoms with Gasteiger partial charge in [-0.2, -0.15) is 5.10 Å². The van der Waals surface area contributed by atoms with E-state index in [1.807, 2.05) is 29.0 Å². The summed E-state index contributed by atoms with van der Waals surface area (Å²) in [6.45, 7) is 2.64. The number of carbonyl (C=O) groups excluding carboxylic acids is 1. The van der Waals surface area contributed by atoms with Crippen molar-refractivity contribution in [3.05, 3.63) is 42.1 Å².